The molecular formula is C21H42O. The predicted molar refractivity (Wildman–Crippen MR) is 98.5 cm³/mol. The first kappa shape index (κ1) is 20.0. The highest BCUT2D eigenvalue weighted by Crippen LogP contribution is 2.26. The Morgan fingerprint density at radius 2 is 0.864 bits per heavy atom. The van der Waals surface area contributed by atoms with Gasteiger partial charge in [-0.1, -0.05) is 110 Å². The maximum absolute atomic E-state index is 5.44. The Morgan fingerprint density at radius 1 is 0.545 bits per heavy atom. The van der Waals surface area contributed by atoms with Crippen LogP contribution >= 0.6 is 0 Å². The van der Waals surface area contributed by atoms with Crippen molar-refractivity contribution in [2.75, 3.05) is 0 Å². The Hall–Kier alpha value is -0.0400. The molecule has 1 saturated heterocycles. The lowest BCUT2D eigenvalue weighted by atomic mass is 10.0. The fourth-order valence-electron chi connectivity index (χ4n) is 3.43. The standard InChI is InChI=1S/C21H42O/c1-3-4-5-6-7-8-9-10-11-12-13-14-15-16-17-18-19-21-20(2)22-21/h20-21H,3-19H2,1-2H3. The van der Waals surface area contributed by atoms with E-state index in [0.29, 0.717) is 12.2 Å². The third kappa shape index (κ3) is 12.5. The third-order valence-electron chi connectivity index (χ3n) is 5.18. The zero-order valence-electron chi connectivity index (χ0n) is 15.6. The van der Waals surface area contributed by atoms with Crippen LogP contribution in [-0.4, -0.2) is 12.2 Å². The molecule has 2 unspecified atom stereocenters. The van der Waals surface area contributed by atoms with Crippen LogP contribution in [-0.2, 0) is 4.74 Å². The van der Waals surface area contributed by atoms with Gasteiger partial charge in [0.25, 0.3) is 0 Å². The van der Waals surface area contributed by atoms with E-state index in [0.717, 1.165) is 0 Å². The summed E-state index contributed by atoms with van der Waals surface area (Å²) in [5, 5.41) is 0. The van der Waals surface area contributed by atoms with Crippen LogP contribution in [0.2, 0.25) is 0 Å². The van der Waals surface area contributed by atoms with Crippen molar-refractivity contribution in [1.82, 2.24) is 0 Å². The number of unbranched alkanes of at least 4 members (excludes halogenated alkanes) is 15. The van der Waals surface area contributed by atoms with E-state index in [1.54, 1.807) is 0 Å². The first-order valence-corrected chi connectivity index (χ1v) is 10.5. The fraction of sp³-hybridized carbons (Fsp3) is 1.00. The van der Waals surface area contributed by atoms with Crippen LogP contribution in [0.15, 0.2) is 0 Å². The Kier molecular flexibility index (Phi) is 13.2. The number of hydrogen-bond acceptors (Lipinski definition) is 1. The summed E-state index contributed by atoms with van der Waals surface area (Å²) < 4.78 is 5.44. The summed E-state index contributed by atoms with van der Waals surface area (Å²) in [6.07, 6.45) is 25.7. The summed E-state index contributed by atoms with van der Waals surface area (Å²) in [6.45, 7) is 4.49. The molecule has 0 aromatic rings. The average Bonchev–Trinajstić information content (AvgIpc) is 3.22. The van der Waals surface area contributed by atoms with E-state index in [9.17, 15) is 0 Å². The van der Waals surface area contributed by atoms with Gasteiger partial charge in [-0.3, -0.25) is 0 Å². The molecule has 1 heteroatoms. The van der Waals surface area contributed by atoms with Gasteiger partial charge in [-0.2, -0.15) is 0 Å². The first-order valence-electron chi connectivity index (χ1n) is 10.5. The Morgan fingerprint density at radius 3 is 1.18 bits per heavy atom. The van der Waals surface area contributed by atoms with Crippen LogP contribution in [0.3, 0.4) is 0 Å². The molecular weight excluding hydrogens is 268 g/mol. The topological polar surface area (TPSA) is 12.5 Å². The van der Waals surface area contributed by atoms with Crippen molar-refractivity contribution in [3.05, 3.63) is 0 Å². The largest absolute Gasteiger partial charge is 0.370 e. The molecule has 1 nitrogen and oxygen atoms in total. The number of hydrogen-bond donors (Lipinski definition) is 0. The molecule has 1 heterocycles. The van der Waals surface area contributed by atoms with Crippen molar-refractivity contribution in [2.45, 2.75) is 135 Å². The fourth-order valence-corrected chi connectivity index (χ4v) is 3.43. The monoisotopic (exact) mass is 310 g/mol. The van der Waals surface area contributed by atoms with Crippen LogP contribution in [0.5, 0.6) is 0 Å². The van der Waals surface area contributed by atoms with Crippen LogP contribution in [0.25, 0.3) is 0 Å². The van der Waals surface area contributed by atoms with Crippen LogP contribution in [0.4, 0.5) is 0 Å². The minimum atomic E-state index is 0.566. The predicted octanol–water partition coefficient (Wildman–Crippen LogP) is 7.43. The molecule has 22 heavy (non-hydrogen) atoms. The molecule has 132 valence electrons. The van der Waals surface area contributed by atoms with E-state index in [4.69, 9.17) is 4.74 Å². The van der Waals surface area contributed by atoms with Gasteiger partial charge >= 0.3 is 0 Å². The molecule has 2 atom stereocenters. The molecule has 1 aliphatic rings. The zero-order valence-corrected chi connectivity index (χ0v) is 15.6. The molecule has 0 amide bonds. The maximum atomic E-state index is 5.44. The average molecular weight is 311 g/mol. The van der Waals surface area contributed by atoms with E-state index in [1.165, 1.54) is 109 Å². The van der Waals surface area contributed by atoms with Crippen molar-refractivity contribution in [2.24, 2.45) is 0 Å². The van der Waals surface area contributed by atoms with Gasteiger partial charge in [0.1, 0.15) is 0 Å². The molecule has 1 aliphatic heterocycles. The van der Waals surface area contributed by atoms with Gasteiger partial charge in [0.15, 0.2) is 0 Å². The summed E-state index contributed by atoms with van der Waals surface area (Å²) in [7, 11) is 0. The van der Waals surface area contributed by atoms with E-state index < -0.39 is 0 Å². The van der Waals surface area contributed by atoms with E-state index in [1.807, 2.05) is 0 Å². The number of rotatable bonds is 17. The third-order valence-corrected chi connectivity index (χ3v) is 5.18. The summed E-state index contributed by atoms with van der Waals surface area (Å²) in [5.41, 5.74) is 0. The molecule has 0 bridgehead atoms. The van der Waals surface area contributed by atoms with Crippen molar-refractivity contribution >= 4 is 0 Å². The molecule has 1 rings (SSSR count). The molecule has 0 saturated carbocycles. The van der Waals surface area contributed by atoms with E-state index in [2.05, 4.69) is 13.8 Å². The van der Waals surface area contributed by atoms with E-state index in [-0.39, 0.29) is 0 Å². The highest BCUT2D eigenvalue weighted by molar-refractivity contribution is 4.79. The normalized spacial score (nSPS) is 20.5. The highest BCUT2D eigenvalue weighted by atomic mass is 16.6. The molecule has 0 spiro atoms. The Labute approximate surface area is 140 Å². The zero-order chi connectivity index (χ0) is 15.9. The van der Waals surface area contributed by atoms with Crippen molar-refractivity contribution in [1.29, 1.82) is 0 Å². The maximum Gasteiger partial charge on any atom is 0.0839 e. The second kappa shape index (κ2) is 14.5. The molecule has 0 aliphatic carbocycles. The minimum absolute atomic E-state index is 0.566. The highest BCUT2D eigenvalue weighted by Gasteiger charge is 2.32. The first-order chi connectivity index (χ1) is 10.8. The minimum Gasteiger partial charge on any atom is -0.370 e. The molecule has 1 fully saturated rings. The summed E-state index contributed by atoms with van der Waals surface area (Å²) in [6, 6.07) is 0. The summed E-state index contributed by atoms with van der Waals surface area (Å²) >= 11 is 0. The number of ether oxygens (including phenoxy) is 1. The van der Waals surface area contributed by atoms with E-state index >= 15 is 0 Å². The second-order valence-electron chi connectivity index (χ2n) is 7.47. The van der Waals surface area contributed by atoms with Gasteiger partial charge < -0.3 is 4.74 Å². The van der Waals surface area contributed by atoms with Crippen LogP contribution < -0.4 is 0 Å². The van der Waals surface area contributed by atoms with Gasteiger partial charge in [0.2, 0.25) is 0 Å². The lowest BCUT2D eigenvalue weighted by molar-refractivity contribution is 0.364. The molecule has 0 radical (unpaired) electrons. The van der Waals surface area contributed by atoms with Crippen LogP contribution in [0.1, 0.15) is 123 Å². The summed E-state index contributed by atoms with van der Waals surface area (Å²) in [4.78, 5) is 0. The van der Waals surface area contributed by atoms with Crippen molar-refractivity contribution < 1.29 is 4.74 Å². The van der Waals surface area contributed by atoms with Crippen molar-refractivity contribution in [3.8, 4) is 0 Å². The van der Waals surface area contributed by atoms with Gasteiger partial charge in [0.05, 0.1) is 12.2 Å². The van der Waals surface area contributed by atoms with Gasteiger partial charge in [0, 0.05) is 0 Å². The number of epoxide rings is 1. The molecule has 0 aromatic heterocycles. The smallest absolute Gasteiger partial charge is 0.0839 e. The summed E-state index contributed by atoms with van der Waals surface area (Å²) in [5.74, 6) is 0. The Balaban J connectivity index is 1.61. The van der Waals surface area contributed by atoms with Crippen LogP contribution in [0, 0.1) is 0 Å². The van der Waals surface area contributed by atoms with Gasteiger partial charge in [-0.15, -0.1) is 0 Å². The van der Waals surface area contributed by atoms with Crippen molar-refractivity contribution in [3.63, 3.8) is 0 Å². The SMILES string of the molecule is CCCCCCCCCCCCCCCCCCC1OC1C. The lowest BCUT2D eigenvalue weighted by Crippen LogP contribution is -1.89. The van der Waals surface area contributed by atoms with Gasteiger partial charge in [-0.25, -0.2) is 0 Å². The molecule has 0 aromatic carbocycles. The Bertz CT molecular complexity index is 226. The molecule has 0 N–H and O–H groups in total. The quantitative estimate of drug-likeness (QED) is 0.201. The second-order valence-corrected chi connectivity index (χ2v) is 7.47. The lowest BCUT2D eigenvalue weighted by Gasteiger charge is -2.03. The van der Waals surface area contributed by atoms with Gasteiger partial charge in [-0.05, 0) is 13.3 Å².